The summed E-state index contributed by atoms with van der Waals surface area (Å²) in [4.78, 5) is 19.8. The second kappa shape index (κ2) is 6.92. The van der Waals surface area contributed by atoms with E-state index in [-0.39, 0.29) is 11.3 Å². The van der Waals surface area contributed by atoms with Gasteiger partial charge in [0.15, 0.2) is 5.65 Å². The molecule has 0 spiro atoms. The first-order valence-corrected chi connectivity index (χ1v) is 9.65. The Balaban J connectivity index is 1.43. The van der Waals surface area contributed by atoms with Crippen LogP contribution in [0.1, 0.15) is 23.2 Å². The van der Waals surface area contributed by atoms with Crippen molar-refractivity contribution in [1.82, 2.24) is 35.7 Å². The van der Waals surface area contributed by atoms with Crippen LogP contribution in [-0.4, -0.2) is 70.2 Å². The van der Waals surface area contributed by atoms with Crippen LogP contribution in [0.25, 0.3) is 5.65 Å². The van der Waals surface area contributed by atoms with Crippen LogP contribution in [-0.2, 0) is 0 Å². The molecule has 3 aliphatic rings. The van der Waals surface area contributed by atoms with Crippen LogP contribution >= 0.6 is 0 Å². The summed E-state index contributed by atoms with van der Waals surface area (Å²) in [7, 11) is 1.60. The molecule has 3 aliphatic heterocycles. The third kappa shape index (κ3) is 3.10. The molecule has 9 nitrogen and oxygen atoms in total. The van der Waals surface area contributed by atoms with E-state index in [1.54, 1.807) is 13.2 Å². The third-order valence-electron chi connectivity index (χ3n) is 5.76. The average Bonchev–Trinajstić information content (AvgIpc) is 3.34. The highest BCUT2D eigenvalue weighted by atomic mass is 19.3. The molecule has 2 bridgehead atoms. The highest BCUT2D eigenvalue weighted by Crippen LogP contribution is 2.31. The minimum absolute atomic E-state index is 0.114. The molecule has 2 aromatic heterocycles. The number of nitrogens with zero attached hydrogens (tertiary/aromatic N) is 5. The van der Waals surface area contributed by atoms with Gasteiger partial charge in [0.2, 0.25) is 0 Å². The van der Waals surface area contributed by atoms with Crippen LogP contribution in [0.3, 0.4) is 0 Å². The molecule has 5 heterocycles. The van der Waals surface area contributed by atoms with Gasteiger partial charge in [-0.05, 0) is 18.9 Å². The van der Waals surface area contributed by atoms with E-state index in [4.69, 9.17) is 4.98 Å². The van der Waals surface area contributed by atoms with Crippen LogP contribution in [0.15, 0.2) is 30.4 Å². The van der Waals surface area contributed by atoms with E-state index in [1.165, 1.54) is 21.9 Å². The van der Waals surface area contributed by atoms with Crippen LogP contribution in [0, 0.1) is 0 Å². The zero-order valence-corrected chi connectivity index (χ0v) is 15.8. The fraction of sp³-hybridized carbons (Fsp3) is 0.500. The third-order valence-corrected chi connectivity index (χ3v) is 5.76. The van der Waals surface area contributed by atoms with E-state index in [0.717, 1.165) is 31.7 Å². The smallest absolute Gasteiger partial charge is 0.261 e. The van der Waals surface area contributed by atoms with Crippen molar-refractivity contribution in [2.75, 3.05) is 25.0 Å². The summed E-state index contributed by atoms with van der Waals surface area (Å²) in [5.74, 6) is 0.301. The highest BCUT2D eigenvalue weighted by Gasteiger charge is 2.37. The van der Waals surface area contributed by atoms with E-state index < -0.39 is 18.4 Å². The maximum Gasteiger partial charge on any atom is 0.261 e. The fourth-order valence-electron chi connectivity index (χ4n) is 4.43. The number of alkyl halides is 2. The van der Waals surface area contributed by atoms with Crippen LogP contribution in [0.2, 0.25) is 0 Å². The number of nitrogens with one attached hydrogen (secondary N) is 3. The summed E-state index contributed by atoms with van der Waals surface area (Å²) in [6.45, 7) is 1.83. The zero-order valence-electron chi connectivity index (χ0n) is 15.8. The summed E-state index contributed by atoms with van der Waals surface area (Å²) in [5, 5.41) is 11.6. The number of hydrogen-bond donors (Lipinski definition) is 3. The van der Waals surface area contributed by atoms with E-state index in [9.17, 15) is 13.6 Å². The Bertz CT molecular complexity index is 960. The van der Waals surface area contributed by atoms with E-state index in [0.29, 0.717) is 17.7 Å². The van der Waals surface area contributed by atoms with Gasteiger partial charge in [0, 0.05) is 44.6 Å². The van der Waals surface area contributed by atoms with Crippen molar-refractivity contribution < 1.29 is 13.6 Å². The summed E-state index contributed by atoms with van der Waals surface area (Å²) < 4.78 is 28.0. The van der Waals surface area contributed by atoms with Gasteiger partial charge in [-0.2, -0.15) is 5.10 Å². The van der Waals surface area contributed by atoms with Gasteiger partial charge < -0.3 is 20.5 Å². The number of hydrogen-bond acceptors (Lipinski definition) is 7. The zero-order chi connectivity index (χ0) is 20.1. The molecule has 0 radical (unpaired) electrons. The molecule has 2 fully saturated rings. The van der Waals surface area contributed by atoms with Gasteiger partial charge in [0.1, 0.15) is 17.4 Å². The maximum atomic E-state index is 13.2. The lowest BCUT2D eigenvalue weighted by Gasteiger charge is -2.36. The van der Waals surface area contributed by atoms with Crippen molar-refractivity contribution in [3.8, 4) is 0 Å². The van der Waals surface area contributed by atoms with E-state index >= 15 is 0 Å². The van der Waals surface area contributed by atoms with Crippen molar-refractivity contribution >= 4 is 17.4 Å². The monoisotopic (exact) mass is 404 g/mol. The molecule has 3 N–H and O–H groups in total. The Labute approximate surface area is 165 Å². The van der Waals surface area contributed by atoms with Crippen molar-refractivity contribution in [2.24, 2.45) is 0 Å². The van der Waals surface area contributed by atoms with Crippen LogP contribution in [0.5, 0.6) is 0 Å². The first-order valence-electron chi connectivity index (χ1n) is 9.65. The lowest BCUT2D eigenvalue weighted by Crippen LogP contribution is -2.52. The molecule has 0 aromatic carbocycles. The molecule has 3 unspecified atom stereocenters. The first kappa shape index (κ1) is 18.3. The highest BCUT2D eigenvalue weighted by molar-refractivity contribution is 6.00. The quantitative estimate of drug-likeness (QED) is 0.677. The molecule has 154 valence electrons. The number of carbonyl (C=O) groups excluding carboxylic acids is 1. The molecular weight excluding hydrogens is 382 g/mol. The fourth-order valence-corrected chi connectivity index (χ4v) is 4.43. The lowest BCUT2D eigenvalue weighted by atomic mass is 10.2. The summed E-state index contributed by atoms with van der Waals surface area (Å²) in [6, 6.07) is 1.43. The minimum Gasteiger partial charge on any atom is -0.348 e. The molecule has 1 amide bonds. The Hall–Kier alpha value is -2.79. The van der Waals surface area contributed by atoms with E-state index in [2.05, 4.69) is 26.1 Å². The van der Waals surface area contributed by atoms with Gasteiger partial charge >= 0.3 is 0 Å². The average molecular weight is 404 g/mol. The molecule has 29 heavy (non-hydrogen) atoms. The van der Waals surface area contributed by atoms with Gasteiger partial charge in [0.25, 0.3) is 12.3 Å². The summed E-state index contributed by atoms with van der Waals surface area (Å²) in [5.41, 5.74) is 3.36. The maximum absolute atomic E-state index is 13.2. The van der Waals surface area contributed by atoms with E-state index in [1.807, 2.05) is 6.07 Å². The van der Waals surface area contributed by atoms with Gasteiger partial charge in [-0.3, -0.25) is 4.79 Å². The number of piperazine rings is 1. The standard InChI is InChI=1S/C18H22F2N8O/c1-26-9-13(15(25-26)16(19)20)23-18(29)12-8-22-27-5-4-14(24-17(12)27)28-10-2-3-11(28)7-21-6-10/h4-5,8-11,15-16,21,25H,2-3,6-7H2,1H3,(H,23,29). The van der Waals surface area contributed by atoms with Gasteiger partial charge in [-0.25, -0.2) is 23.7 Å². The SMILES string of the molecule is CN1C=C(NC(=O)c2cnn3ccc(N4C5CCC4CNC5)nc23)C(C(F)F)N1. The molecule has 0 saturated carbocycles. The number of anilines is 1. The molecule has 2 aromatic rings. The lowest BCUT2D eigenvalue weighted by molar-refractivity contribution is 0.0882. The topological polar surface area (TPSA) is 89.8 Å². The molecule has 3 atom stereocenters. The Kier molecular flexibility index (Phi) is 4.36. The molecule has 0 aliphatic carbocycles. The number of rotatable bonds is 4. The van der Waals surface area contributed by atoms with Crippen LogP contribution in [0.4, 0.5) is 14.6 Å². The Morgan fingerprint density at radius 2 is 2.07 bits per heavy atom. The van der Waals surface area contributed by atoms with Gasteiger partial charge in [-0.15, -0.1) is 0 Å². The van der Waals surface area contributed by atoms with Gasteiger partial charge in [-0.1, -0.05) is 0 Å². The number of halogens is 2. The predicted octanol–water partition coefficient (Wildman–Crippen LogP) is 0.325. The van der Waals surface area contributed by atoms with Crippen molar-refractivity contribution in [3.63, 3.8) is 0 Å². The molecule has 5 rings (SSSR count). The van der Waals surface area contributed by atoms with Crippen molar-refractivity contribution in [2.45, 2.75) is 37.4 Å². The second-order valence-corrected chi connectivity index (χ2v) is 7.65. The summed E-state index contributed by atoms with van der Waals surface area (Å²) >= 11 is 0. The van der Waals surface area contributed by atoms with Crippen LogP contribution < -0.4 is 21.0 Å². The number of carbonyl (C=O) groups is 1. The largest absolute Gasteiger partial charge is 0.348 e. The molecule has 11 heteroatoms. The number of aromatic nitrogens is 3. The van der Waals surface area contributed by atoms with Gasteiger partial charge in [0.05, 0.1) is 11.9 Å². The number of hydrazine groups is 1. The number of amides is 1. The first-order chi connectivity index (χ1) is 14.0. The Morgan fingerprint density at radius 1 is 1.31 bits per heavy atom. The van der Waals surface area contributed by atoms with Crippen molar-refractivity contribution in [3.05, 3.63) is 35.9 Å². The predicted molar refractivity (Wildman–Crippen MR) is 101 cm³/mol. The minimum atomic E-state index is -2.65. The van der Waals surface area contributed by atoms with Crippen molar-refractivity contribution in [1.29, 1.82) is 0 Å². The second-order valence-electron chi connectivity index (χ2n) is 7.65. The Morgan fingerprint density at radius 3 is 2.79 bits per heavy atom. The number of fused-ring (bicyclic) bond motifs is 3. The molecule has 2 saturated heterocycles. The molecular formula is C18H22F2N8O. The summed E-state index contributed by atoms with van der Waals surface area (Å²) in [6.07, 6.45) is 4.21. The normalized spacial score (nSPS) is 26.5.